The van der Waals surface area contributed by atoms with Gasteiger partial charge in [0.05, 0.1) is 13.2 Å². The summed E-state index contributed by atoms with van der Waals surface area (Å²) in [7, 11) is 0. The third-order valence-corrected chi connectivity index (χ3v) is 4.39. The molecule has 0 unspecified atom stereocenters. The first-order chi connectivity index (χ1) is 11.3. The summed E-state index contributed by atoms with van der Waals surface area (Å²) in [6, 6.07) is 8.22. The topological polar surface area (TPSA) is 75.2 Å². The molecule has 1 heterocycles. The number of nitrogens with two attached hydrogens (primary N) is 1. The SMILES string of the molecule is CCCOc1ccc(OCCSc2nnc(N)n2C2CC2)cc1. The molecular weight excluding hydrogens is 312 g/mol. The van der Waals surface area contributed by atoms with Crippen molar-refractivity contribution in [3.8, 4) is 11.5 Å². The summed E-state index contributed by atoms with van der Waals surface area (Å²) in [5.74, 6) is 3.04. The minimum absolute atomic E-state index is 0.490. The van der Waals surface area contributed by atoms with E-state index in [1.54, 1.807) is 11.8 Å². The highest BCUT2D eigenvalue weighted by atomic mass is 32.2. The van der Waals surface area contributed by atoms with Crippen molar-refractivity contribution >= 4 is 17.7 Å². The Hall–Kier alpha value is -1.89. The van der Waals surface area contributed by atoms with Gasteiger partial charge in [-0.05, 0) is 43.5 Å². The number of rotatable bonds is 9. The van der Waals surface area contributed by atoms with Crippen molar-refractivity contribution in [2.45, 2.75) is 37.4 Å². The molecule has 7 heteroatoms. The van der Waals surface area contributed by atoms with Crippen LogP contribution in [-0.4, -0.2) is 33.7 Å². The van der Waals surface area contributed by atoms with E-state index in [4.69, 9.17) is 15.2 Å². The van der Waals surface area contributed by atoms with Crippen molar-refractivity contribution in [3.05, 3.63) is 24.3 Å². The lowest BCUT2D eigenvalue weighted by molar-refractivity contribution is 0.314. The molecular formula is C16H22N4O2S. The van der Waals surface area contributed by atoms with Gasteiger partial charge in [-0.2, -0.15) is 0 Å². The van der Waals surface area contributed by atoms with E-state index in [-0.39, 0.29) is 0 Å². The number of aromatic nitrogens is 3. The quantitative estimate of drug-likeness (QED) is 0.561. The van der Waals surface area contributed by atoms with Crippen LogP contribution in [0.15, 0.2) is 29.4 Å². The molecule has 23 heavy (non-hydrogen) atoms. The summed E-state index contributed by atoms with van der Waals surface area (Å²) >= 11 is 1.63. The van der Waals surface area contributed by atoms with Gasteiger partial charge in [0.2, 0.25) is 5.95 Å². The number of hydrogen-bond acceptors (Lipinski definition) is 6. The third kappa shape index (κ3) is 4.31. The summed E-state index contributed by atoms with van der Waals surface area (Å²) in [5, 5.41) is 8.99. The third-order valence-electron chi connectivity index (χ3n) is 3.48. The fraction of sp³-hybridized carbons (Fsp3) is 0.500. The zero-order valence-electron chi connectivity index (χ0n) is 13.3. The Labute approximate surface area is 140 Å². The average molecular weight is 334 g/mol. The van der Waals surface area contributed by atoms with E-state index in [0.717, 1.165) is 35.4 Å². The molecule has 0 atom stereocenters. The number of ether oxygens (including phenoxy) is 2. The molecule has 124 valence electrons. The van der Waals surface area contributed by atoms with Crippen LogP contribution in [0.3, 0.4) is 0 Å². The Morgan fingerprint density at radius 1 is 1.13 bits per heavy atom. The van der Waals surface area contributed by atoms with Crippen molar-refractivity contribution in [3.63, 3.8) is 0 Å². The molecule has 1 fully saturated rings. The summed E-state index contributed by atoms with van der Waals surface area (Å²) in [5.41, 5.74) is 5.86. The molecule has 3 rings (SSSR count). The van der Waals surface area contributed by atoms with Gasteiger partial charge < -0.3 is 15.2 Å². The van der Waals surface area contributed by atoms with Crippen molar-refractivity contribution in [2.24, 2.45) is 0 Å². The van der Waals surface area contributed by atoms with Gasteiger partial charge in [0.25, 0.3) is 0 Å². The van der Waals surface area contributed by atoms with E-state index in [9.17, 15) is 0 Å². The van der Waals surface area contributed by atoms with E-state index in [0.29, 0.717) is 18.6 Å². The van der Waals surface area contributed by atoms with Crippen LogP contribution in [0.25, 0.3) is 0 Å². The van der Waals surface area contributed by atoms with Gasteiger partial charge in [0.1, 0.15) is 11.5 Å². The van der Waals surface area contributed by atoms with Crippen LogP contribution in [0.5, 0.6) is 11.5 Å². The maximum atomic E-state index is 5.86. The van der Waals surface area contributed by atoms with Gasteiger partial charge in [0, 0.05) is 11.8 Å². The Balaban J connectivity index is 1.43. The lowest BCUT2D eigenvalue weighted by atomic mass is 10.3. The number of benzene rings is 1. The average Bonchev–Trinajstić information content (AvgIpc) is 3.34. The predicted octanol–water partition coefficient (Wildman–Crippen LogP) is 3.16. The molecule has 1 aliphatic carbocycles. The van der Waals surface area contributed by atoms with E-state index < -0.39 is 0 Å². The highest BCUT2D eigenvalue weighted by Crippen LogP contribution is 2.39. The molecule has 0 amide bonds. The minimum atomic E-state index is 0.490. The summed E-state index contributed by atoms with van der Waals surface area (Å²) < 4.78 is 13.3. The molecule has 0 saturated heterocycles. The van der Waals surface area contributed by atoms with E-state index in [1.165, 1.54) is 12.8 Å². The fourth-order valence-corrected chi connectivity index (χ4v) is 3.04. The largest absolute Gasteiger partial charge is 0.494 e. The Morgan fingerprint density at radius 3 is 2.39 bits per heavy atom. The molecule has 2 aromatic rings. The molecule has 0 aliphatic heterocycles. The van der Waals surface area contributed by atoms with Gasteiger partial charge >= 0.3 is 0 Å². The zero-order valence-corrected chi connectivity index (χ0v) is 14.1. The van der Waals surface area contributed by atoms with Gasteiger partial charge in [-0.25, -0.2) is 0 Å². The van der Waals surface area contributed by atoms with Crippen LogP contribution in [0.1, 0.15) is 32.2 Å². The van der Waals surface area contributed by atoms with Crippen molar-refractivity contribution in [2.75, 3.05) is 24.7 Å². The van der Waals surface area contributed by atoms with Crippen LogP contribution in [-0.2, 0) is 0 Å². The smallest absolute Gasteiger partial charge is 0.222 e. The maximum Gasteiger partial charge on any atom is 0.222 e. The molecule has 1 aliphatic rings. The lowest BCUT2D eigenvalue weighted by Crippen LogP contribution is -2.04. The first-order valence-corrected chi connectivity index (χ1v) is 8.95. The molecule has 1 aromatic heterocycles. The first kappa shape index (κ1) is 16.0. The predicted molar refractivity (Wildman–Crippen MR) is 91.2 cm³/mol. The second kappa shape index (κ2) is 7.59. The first-order valence-electron chi connectivity index (χ1n) is 7.96. The number of hydrogen-bond donors (Lipinski definition) is 1. The van der Waals surface area contributed by atoms with Gasteiger partial charge in [0.15, 0.2) is 5.16 Å². The Kier molecular flexibility index (Phi) is 5.27. The van der Waals surface area contributed by atoms with E-state index in [1.807, 2.05) is 28.8 Å². The van der Waals surface area contributed by atoms with E-state index in [2.05, 4.69) is 17.1 Å². The van der Waals surface area contributed by atoms with Crippen molar-refractivity contribution in [1.29, 1.82) is 0 Å². The van der Waals surface area contributed by atoms with Crippen molar-refractivity contribution < 1.29 is 9.47 Å². The highest BCUT2D eigenvalue weighted by Gasteiger charge is 2.28. The second-order valence-corrected chi connectivity index (χ2v) is 6.52. The number of nitrogen functional groups attached to an aromatic ring is 1. The molecule has 1 aromatic carbocycles. The van der Waals surface area contributed by atoms with Crippen LogP contribution in [0.4, 0.5) is 5.95 Å². The molecule has 6 nitrogen and oxygen atoms in total. The normalized spacial score (nSPS) is 14.0. The van der Waals surface area contributed by atoms with Crippen LogP contribution < -0.4 is 15.2 Å². The summed E-state index contributed by atoms with van der Waals surface area (Å²) in [4.78, 5) is 0. The summed E-state index contributed by atoms with van der Waals surface area (Å²) in [6.45, 7) is 3.44. The van der Waals surface area contributed by atoms with Gasteiger partial charge in [-0.1, -0.05) is 18.7 Å². The zero-order chi connectivity index (χ0) is 16.1. The monoisotopic (exact) mass is 334 g/mol. The molecule has 0 radical (unpaired) electrons. The minimum Gasteiger partial charge on any atom is -0.494 e. The van der Waals surface area contributed by atoms with Crippen molar-refractivity contribution in [1.82, 2.24) is 14.8 Å². The fourth-order valence-electron chi connectivity index (χ4n) is 2.21. The Bertz CT molecular complexity index is 626. The molecule has 2 N–H and O–H groups in total. The van der Waals surface area contributed by atoms with Crippen LogP contribution in [0.2, 0.25) is 0 Å². The lowest BCUT2D eigenvalue weighted by Gasteiger charge is -2.08. The number of anilines is 1. The second-order valence-electron chi connectivity index (χ2n) is 5.46. The van der Waals surface area contributed by atoms with Crippen LogP contribution >= 0.6 is 11.8 Å². The molecule has 0 bridgehead atoms. The highest BCUT2D eigenvalue weighted by molar-refractivity contribution is 7.99. The summed E-state index contributed by atoms with van der Waals surface area (Å²) in [6.07, 6.45) is 3.34. The Morgan fingerprint density at radius 2 is 1.78 bits per heavy atom. The number of thioether (sulfide) groups is 1. The maximum absolute atomic E-state index is 5.86. The number of nitrogens with zero attached hydrogens (tertiary/aromatic N) is 3. The van der Waals surface area contributed by atoms with Gasteiger partial charge in [-0.3, -0.25) is 4.57 Å². The molecule has 0 spiro atoms. The van der Waals surface area contributed by atoms with Crippen LogP contribution in [0, 0.1) is 0 Å². The van der Waals surface area contributed by atoms with Gasteiger partial charge in [-0.15, -0.1) is 10.2 Å². The van der Waals surface area contributed by atoms with E-state index >= 15 is 0 Å². The molecule has 1 saturated carbocycles. The standard InChI is InChI=1S/C16H22N4O2S/c1-2-9-21-13-5-7-14(8-6-13)22-10-11-23-16-19-18-15(17)20(16)12-3-4-12/h5-8,12H,2-4,9-11H2,1H3,(H2,17,18).